The Hall–Kier alpha value is -1.84. The Bertz CT molecular complexity index is 720. The van der Waals surface area contributed by atoms with Crippen molar-refractivity contribution in [2.45, 2.75) is 31.2 Å². The number of benzene rings is 1. The molecule has 146 valence electrons. The van der Waals surface area contributed by atoms with Gasteiger partial charge in [-0.15, -0.1) is 0 Å². The highest BCUT2D eigenvalue weighted by Gasteiger charge is 2.29. The maximum atomic E-state index is 12.7. The highest BCUT2D eigenvalue weighted by atomic mass is 32.2. The molecular weight excluding hydrogens is 360 g/mol. The lowest BCUT2D eigenvalue weighted by molar-refractivity contribution is -0.123. The van der Waals surface area contributed by atoms with E-state index in [1.807, 2.05) is 0 Å². The molecule has 1 aliphatic rings. The van der Waals surface area contributed by atoms with Crippen molar-refractivity contribution in [3.8, 4) is 11.5 Å². The zero-order valence-electron chi connectivity index (χ0n) is 15.3. The summed E-state index contributed by atoms with van der Waals surface area (Å²) in [5.74, 6) is 0.303. The van der Waals surface area contributed by atoms with Crippen molar-refractivity contribution in [1.29, 1.82) is 0 Å². The second-order valence-corrected chi connectivity index (χ2v) is 8.00. The predicted octanol–water partition coefficient (Wildman–Crippen LogP) is 0.913. The monoisotopic (exact) mass is 386 g/mol. The summed E-state index contributed by atoms with van der Waals surface area (Å²) in [6.45, 7) is 5.30. The summed E-state index contributed by atoms with van der Waals surface area (Å²) in [5, 5.41) is 2.73. The van der Waals surface area contributed by atoms with Crippen LogP contribution in [0.1, 0.15) is 20.3 Å². The average Bonchev–Trinajstić information content (AvgIpc) is 2.62. The third-order valence-electron chi connectivity index (χ3n) is 3.88. The molecule has 0 radical (unpaired) electrons. The van der Waals surface area contributed by atoms with Crippen molar-refractivity contribution in [3.63, 3.8) is 0 Å². The molecule has 0 saturated heterocycles. The van der Waals surface area contributed by atoms with Crippen LogP contribution in [0.4, 0.5) is 0 Å². The van der Waals surface area contributed by atoms with Crippen LogP contribution in [0.15, 0.2) is 23.1 Å². The van der Waals surface area contributed by atoms with Gasteiger partial charge >= 0.3 is 0 Å². The Labute approximate surface area is 154 Å². The van der Waals surface area contributed by atoms with E-state index in [2.05, 4.69) is 10.0 Å². The van der Waals surface area contributed by atoms with E-state index in [1.54, 1.807) is 27.0 Å². The number of amides is 1. The van der Waals surface area contributed by atoms with E-state index in [-0.39, 0.29) is 16.7 Å². The van der Waals surface area contributed by atoms with E-state index in [4.69, 9.17) is 14.2 Å². The molecule has 1 atom stereocenters. The number of nitrogens with one attached hydrogen (secondary N) is 2. The number of ether oxygens (including phenoxy) is 3. The van der Waals surface area contributed by atoms with E-state index >= 15 is 0 Å². The van der Waals surface area contributed by atoms with Crippen LogP contribution >= 0.6 is 0 Å². The van der Waals surface area contributed by atoms with E-state index < -0.39 is 16.1 Å². The lowest BCUT2D eigenvalue weighted by Crippen LogP contribution is -2.49. The number of methoxy groups -OCH3 is 1. The van der Waals surface area contributed by atoms with Gasteiger partial charge in [-0.2, -0.15) is 4.72 Å². The number of rotatable bonds is 9. The molecule has 1 unspecified atom stereocenters. The molecule has 0 bridgehead atoms. The molecule has 0 aromatic heterocycles. The Morgan fingerprint density at radius 2 is 1.92 bits per heavy atom. The van der Waals surface area contributed by atoms with Crippen molar-refractivity contribution >= 4 is 15.9 Å². The van der Waals surface area contributed by atoms with Crippen LogP contribution in [-0.2, 0) is 19.6 Å². The molecule has 2 N–H and O–H groups in total. The van der Waals surface area contributed by atoms with Crippen LogP contribution in [-0.4, -0.2) is 53.8 Å². The molecule has 1 heterocycles. The molecule has 0 fully saturated rings. The van der Waals surface area contributed by atoms with Crippen LogP contribution in [0, 0.1) is 5.92 Å². The van der Waals surface area contributed by atoms with Crippen molar-refractivity contribution in [2.24, 2.45) is 5.92 Å². The van der Waals surface area contributed by atoms with Crippen LogP contribution in [0.3, 0.4) is 0 Å². The third kappa shape index (κ3) is 5.33. The van der Waals surface area contributed by atoms with Gasteiger partial charge in [0.05, 0.1) is 4.90 Å². The largest absolute Gasteiger partial charge is 0.486 e. The van der Waals surface area contributed by atoms with Crippen LogP contribution in [0.2, 0.25) is 0 Å². The average molecular weight is 386 g/mol. The number of hydrogen-bond donors (Lipinski definition) is 2. The van der Waals surface area contributed by atoms with Gasteiger partial charge in [0.1, 0.15) is 19.3 Å². The van der Waals surface area contributed by atoms with E-state index in [0.29, 0.717) is 44.3 Å². The third-order valence-corrected chi connectivity index (χ3v) is 5.32. The Morgan fingerprint density at radius 3 is 2.58 bits per heavy atom. The zero-order chi connectivity index (χ0) is 19.2. The molecule has 1 aliphatic heterocycles. The Morgan fingerprint density at radius 1 is 1.23 bits per heavy atom. The van der Waals surface area contributed by atoms with Crippen molar-refractivity contribution < 1.29 is 27.4 Å². The summed E-state index contributed by atoms with van der Waals surface area (Å²) in [7, 11) is -2.31. The molecule has 0 saturated carbocycles. The van der Waals surface area contributed by atoms with Crippen LogP contribution in [0.25, 0.3) is 0 Å². The van der Waals surface area contributed by atoms with Crippen molar-refractivity contribution in [3.05, 3.63) is 18.2 Å². The summed E-state index contributed by atoms with van der Waals surface area (Å²) in [6.07, 6.45) is 0.655. The minimum absolute atomic E-state index is 0.0274. The number of hydrogen-bond acceptors (Lipinski definition) is 6. The van der Waals surface area contributed by atoms with Gasteiger partial charge in [-0.05, 0) is 24.5 Å². The first kappa shape index (κ1) is 20.5. The summed E-state index contributed by atoms with van der Waals surface area (Å²) < 4.78 is 43.7. The summed E-state index contributed by atoms with van der Waals surface area (Å²) in [5.41, 5.74) is 0. The Balaban J connectivity index is 2.10. The quantitative estimate of drug-likeness (QED) is 0.612. The van der Waals surface area contributed by atoms with Gasteiger partial charge in [0.2, 0.25) is 15.9 Å². The molecular formula is C17H26N2O6S. The van der Waals surface area contributed by atoms with Gasteiger partial charge in [0.15, 0.2) is 11.5 Å². The lowest BCUT2D eigenvalue weighted by atomic mass is 10.1. The lowest BCUT2D eigenvalue weighted by Gasteiger charge is -2.23. The predicted molar refractivity (Wildman–Crippen MR) is 95.9 cm³/mol. The van der Waals surface area contributed by atoms with Gasteiger partial charge in [-0.25, -0.2) is 8.42 Å². The maximum absolute atomic E-state index is 12.7. The summed E-state index contributed by atoms with van der Waals surface area (Å²) in [6, 6.07) is 3.52. The number of carbonyl (C=O) groups is 1. The normalized spacial score (nSPS) is 14.9. The minimum Gasteiger partial charge on any atom is -0.486 e. The van der Waals surface area contributed by atoms with E-state index in [1.165, 1.54) is 12.1 Å². The minimum atomic E-state index is -3.89. The standard InChI is InChI=1S/C17H26N2O6S/c1-12(2)16(17(20)18-7-4-8-23-3)19-26(21,22)13-5-6-14-15(11-13)25-10-9-24-14/h5-6,11-12,16,19H,4,7-10H2,1-3H3,(H,18,20). The van der Waals surface area contributed by atoms with Gasteiger partial charge in [0, 0.05) is 26.3 Å². The molecule has 1 aromatic rings. The summed E-state index contributed by atoms with van der Waals surface area (Å²) >= 11 is 0. The molecule has 26 heavy (non-hydrogen) atoms. The smallest absolute Gasteiger partial charge is 0.241 e. The van der Waals surface area contributed by atoms with Crippen molar-refractivity contribution in [1.82, 2.24) is 10.0 Å². The van der Waals surface area contributed by atoms with Crippen molar-refractivity contribution in [2.75, 3.05) is 33.5 Å². The SMILES string of the molecule is COCCCNC(=O)C(NS(=O)(=O)c1ccc2c(c1)OCCO2)C(C)C. The molecule has 0 aliphatic carbocycles. The number of fused-ring (bicyclic) bond motifs is 1. The first-order valence-corrected chi connectivity index (χ1v) is 10.0. The molecule has 0 spiro atoms. The second kappa shape index (κ2) is 9.20. The number of sulfonamides is 1. The molecule has 1 amide bonds. The van der Waals surface area contributed by atoms with Gasteiger partial charge in [-0.3, -0.25) is 4.79 Å². The fourth-order valence-electron chi connectivity index (χ4n) is 2.46. The molecule has 1 aromatic carbocycles. The molecule has 8 nitrogen and oxygen atoms in total. The van der Waals surface area contributed by atoms with Gasteiger partial charge in [-0.1, -0.05) is 13.8 Å². The van der Waals surface area contributed by atoms with Crippen LogP contribution in [0.5, 0.6) is 11.5 Å². The van der Waals surface area contributed by atoms with Gasteiger partial charge < -0.3 is 19.5 Å². The molecule has 9 heteroatoms. The van der Waals surface area contributed by atoms with Gasteiger partial charge in [0.25, 0.3) is 0 Å². The first-order valence-electron chi connectivity index (χ1n) is 8.54. The Kier molecular flexibility index (Phi) is 7.24. The number of carbonyl (C=O) groups excluding carboxylic acids is 1. The summed E-state index contributed by atoms with van der Waals surface area (Å²) in [4.78, 5) is 12.4. The van der Waals surface area contributed by atoms with E-state index in [9.17, 15) is 13.2 Å². The topological polar surface area (TPSA) is 103 Å². The first-order chi connectivity index (χ1) is 12.3. The second-order valence-electron chi connectivity index (χ2n) is 6.29. The highest BCUT2D eigenvalue weighted by Crippen LogP contribution is 2.32. The zero-order valence-corrected chi connectivity index (χ0v) is 16.1. The molecule has 2 rings (SSSR count). The maximum Gasteiger partial charge on any atom is 0.241 e. The highest BCUT2D eigenvalue weighted by molar-refractivity contribution is 7.89. The fraction of sp³-hybridized carbons (Fsp3) is 0.588. The van der Waals surface area contributed by atoms with E-state index in [0.717, 1.165) is 0 Å². The van der Waals surface area contributed by atoms with Crippen LogP contribution < -0.4 is 19.5 Å². The fourth-order valence-corrected chi connectivity index (χ4v) is 3.82.